The third-order valence-corrected chi connectivity index (χ3v) is 5.13. The molecule has 1 fully saturated rings. The first kappa shape index (κ1) is 28.3. The van der Waals surface area contributed by atoms with Crippen molar-refractivity contribution in [1.29, 1.82) is 0 Å². The first-order chi connectivity index (χ1) is 17.0. The smallest absolute Gasteiger partial charge is 0.475 e. The molecule has 1 aliphatic heterocycles. The Morgan fingerprint density at radius 3 is 2.03 bits per heavy atom. The highest BCUT2D eigenvalue weighted by Crippen LogP contribution is 2.23. The summed E-state index contributed by atoms with van der Waals surface area (Å²) in [6.07, 6.45) is 1.10. The van der Waals surface area contributed by atoms with Gasteiger partial charge in [0.15, 0.2) is 5.78 Å². The zero-order chi connectivity index (χ0) is 26.7. The fourth-order valence-electron chi connectivity index (χ4n) is 3.24. The summed E-state index contributed by atoms with van der Waals surface area (Å²) in [5.74, 6) is -3.39. The molecule has 8 nitrogen and oxygen atoms in total. The molecule has 0 bridgehead atoms. The standard InChI is InChI=1S/C23H25N3O3.C2HF3O2/c1-25-13-15-26(16-14-25)21-8-3-2-7-20(21)22(27)11-9-18-5-4-6-19(17-18)10-12-23(28)24-29;3-2(4,5)1(6)7/h2-12,17,29H,13-16H2,1H3,(H,24,28);(H,6,7)/b11-9+,12-10+;. The summed E-state index contributed by atoms with van der Waals surface area (Å²) >= 11 is 0. The van der Waals surface area contributed by atoms with Crippen molar-refractivity contribution in [2.45, 2.75) is 6.18 Å². The highest BCUT2D eigenvalue weighted by atomic mass is 19.4. The van der Waals surface area contributed by atoms with Crippen LogP contribution in [0.3, 0.4) is 0 Å². The van der Waals surface area contributed by atoms with Crippen LogP contribution in [-0.2, 0) is 9.59 Å². The lowest BCUT2D eigenvalue weighted by Gasteiger charge is -2.34. The molecule has 1 amide bonds. The number of aliphatic carboxylic acids is 1. The molecular formula is C25H26F3N3O5. The number of nitrogens with one attached hydrogen (secondary N) is 1. The molecular weight excluding hydrogens is 479 g/mol. The Balaban J connectivity index is 0.000000572. The molecule has 0 unspecified atom stereocenters. The van der Waals surface area contributed by atoms with E-state index in [1.807, 2.05) is 48.5 Å². The molecule has 1 aliphatic rings. The van der Waals surface area contributed by atoms with Crippen LogP contribution >= 0.6 is 0 Å². The lowest BCUT2D eigenvalue weighted by Crippen LogP contribution is -2.44. The maximum Gasteiger partial charge on any atom is 0.490 e. The van der Waals surface area contributed by atoms with E-state index in [0.717, 1.165) is 43.0 Å². The van der Waals surface area contributed by atoms with E-state index in [0.29, 0.717) is 5.56 Å². The lowest BCUT2D eigenvalue weighted by atomic mass is 10.0. The van der Waals surface area contributed by atoms with Gasteiger partial charge in [0.25, 0.3) is 5.91 Å². The van der Waals surface area contributed by atoms with Crippen LogP contribution < -0.4 is 10.4 Å². The van der Waals surface area contributed by atoms with Crippen molar-refractivity contribution in [3.8, 4) is 0 Å². The summed E-state index contributed by atoms with van der Waals surface area (Å²) in [4.78, 5) is 37.4. The van der Waals surface area contributed by atoms with Crippen molar-refractivity contribution >= 4 is 35.5 Å². The molecule has 0 spiro atoms. The molecule has 0 aliphatic carbocycles. The van der Waals surface area contributed by atoms with E-state index in [1.165, 1.54) is 6.08 Å². The highest BCUT2D eigenvalue weighted by molar-refractivity contribution is 6.10. The van der Waals surface area contributed by atoms with Crippen molar-refractivity contribution in [3.05, 3.63) is 77.4 Å². The number of likely N-dealkylation sites (N-methyl/N-ethyl adjacent to an activating group) is 1. The molecule has 2 aromatic rings. The van der Waals surface area contributed by atoms with Gasteiger partial charge in [-0.3, -0.25) is 14.8 Å². The molecule has 0 saturated carbocycles. The van der Waals surface area contributed by atoms with Gasteiger partial charge in [0.2, 0.25) is 0 Å². The Labute approximate surface area is 205 Å². The Morgan fingerprint density at radius 2 is 1.47 bits per heavy atom. The lowest BCUT2D eigenvalue weighted by molar-refractivity contribution is -0.192. The summed E-state index contributed by atoms with van der Waals surface area (Å²) in [5, 5.41) is 15.7. The number of hydrogen-bond donors (Lipinski definition) is 3. The summed E-state index contributed by atoms with van der Waals surface area (Å²) in [6, 6.07) is 15.2. The van der Waals surface area contributed by atoms with Gasteiger partial charge in [0.1, 0.15) is 0 Å². The highest BCUT2D eigenvalue weighted by Gasteiger charge is 2.38. The number of allylic oxidation sites excluding steroid dienone is 1. The van der Waals surface area contributed by atoms with Crippen LogP contribution in [0.5, 0.6) is 0 Å². The molecule has 192 valence electrons. The van der Waals surface area contributed by atoms with E-state index >= 15 is 0 Å². The van der Waals surface area contributed by atoms with Crippen LogP contribution in [-0.4, -0.2) is 72.3 Å². The normalized spacial score (nSPS) is 14.4. The Kier molecular flexibility index (Phi) is 10.4. The SMILES string of the molecule is CN1CCN(c2ccccc2C(=O)/C=C/c2cccc(/C=C/C(=O)NO)c2)CC1.O=C(O)C(F)(F)F. The number of ketones is 1. The minimum absolute atomic E-state index is 0.0415. The zero-order valence-corrected chi connectivity index (χ0v) is 19.4. The summed E-state index contributed by atoms with van der Waals surface area (Å²) in [7, 11) is 2.11. The Hall–Kier alpha value is -3.96. The quantitative estimate of drug-likeness (QED) is 0.239. The van der Waals surface area contributed by atoms with Crippen molar-refractivity contribution in [1.82, 2.24) is 10.4 Å². The van der Waals surface area contributed by atoms with E-state index in [4.69, 9.17) is 15.1 Å². The average molecular weight is 505 g/mol. The number of alkyl halides is 3. The number of hydrogen-bond acceptors (Lipinski definition) is 6. The van der Waals surface area contributed by atoms with E-state index in [2.05, 4.69) is 16.8 Å². The van der Waals surface area contributed by atoms with E-state index < -0.39 is 18.1 Å². The number of hydroxylamine groups is 1. The molecule has 36 heavy (non-hydrogen) atoms. The molecule has 3 N–H and O–H groups in total. The fourth-order valence-corrected chi connectivity index (χ4v) is 3.24. The second-order valence-corrected chi connectivity index (χ2v) is 7.79. The van der Waals surface area contributed by atoms with Crippen molar-refractivity contribution in [2.24, 2.45) is 0 Å². The predicted octanol–water partition coefficient (Wildman–Crippen LogP) is 3.49. The molecule has 0 radical (unpaired) electrons. The van der Waals surface area contributed by atoms with E-state index in [1.54, 1.807) is 23.7 Å². The molecule has 3 rings (SSSR count). The number of halogens is 3. The van der Waals surface area contributed by atoms with Crippen molar-refractivity contribution in [2.75, 3.05) is 38.1 Å². The van der Waals surface area contributed by atoms with Gasteiger partial charge in [-0.15, -0.1) is 0 Å². The number of anilines is 1. The number of amides is 1. The maximum absolute atomic E-state index is 12.9. The number of rotatable bonds is 6. The number of carboxylic acid groups (broad SMARTS) is 1. The number of para-hydroxylation sites is 1. The third kappa shape index (κ3) is 9.01. The molecule has 0 aromatic heterocycles. The van der Waals surface area contributed by atoms with E-state index in [9.17, 15) is 22.8 Å². The van der Waals surface area contributed by atoms with Gasteiger partial charge in [-0.05, 0) is 48.5 Å². The molecule has 11 heteroatoms. The van der Waals surface area contributed by atoms with Gasteiger partial charge in [-0.2, -0.15) is 13.2 Å². The Bertz CT molecular complexity index is 1120. The molecule has 0 atom stereocenters. The minimum Gasteiger partial charge on any atom is -0.475 e. The van der Waals surface area contributed by atoms with Gasteiger partial charge in [0, 0.05) is 43.5 Å². The Morgan fingerprint density at radius 1 is 0.917 bits per heavy atom. The number of piperazine rings is 1. The van der Waals surface area contributed by atoms with Crippen LogP contribution in [0.4, 0.5) is 18.9 Å². The zero-order valence-electron chi connectivity index (χ0n) is 19.4. The monoisotopic (exact) mass is 505 g/mol. The second kappa shape index (κ2) is 13.2. The fraction of sp³-hybridized carbons (Fsp3) is 0.240. The summed E-state index contributed by atoms with van der Waals surface area (Å²) in [5.41, 5.74) is 4.87. The minimum atomic E-state index is -5.08. The van der Waals surface area contributed by atoms with Gasteiger partial charge >= 0.3 is 12.1 Å². The van der Waals surface area contributed by atoms with Crippen LogP contribution in [0.2, 0.25) is 0 Å². The maximum atomic E-state index is 12.9. The molecule has 1 saturated heterocycles. The number of carbonyl (C=O) groups excluding carboxylic acids is 2. The first-order valence-electron chi connectivity index (χ1n) is 10.8. The van der Waals surface area contributed by atoms with Gasteiger partial charge in [-0.1, -0.05) is 36.4 Å². The summed E-state index contributed by atoms with van der Waals surface area (Å²) < 4.78 is 31.7. The van der Waals surface area contributed by atoms with E-state index in [-0.39, 0.29) is 5.78 Å². The molecule has 1 heterocycles. The number of carbonyl (C=O) groups is 3. The first-order valence-corrected chi connectivity index (χ1v) is 10.8. The second-order valence-electron chi connectivity index (χ2n) is 7.79. The van der Waals surface area contributed by atoms with Gasteiger partial charge in [-0.25, -0.2) is 10.3 Å². The van der Waals surface area contributed by atoms with Crippen LogP contribution in [0.15, 0.2) is 60.7 Å². The number of benzene rings is 2. The molecule has 2 aromatic carbocycles. The van der Waals surface area contributed by atoms with Crippen molar-refractivity contribution in [3.63, 3.8) is 0 Å². The largest absolute Gasteiger partial charge is 0.490 e. The number of carboxylic acids is 1. The van der Waals surface area contributed by atoms with Crippen molar-refractivity contribution < 1.29 is 37.9 Å². The third-order valence-electron chi connectivity index (χ3n) is 5.13. The van der Waals surface area contributed by atoms with Gasteiger partial charge < -0.3 is 14.9 Å². The average Bonchev–Trinajstić information content (AvgIpc) is 2.86. The van der Waals surface area contributed by atoms with Crippen LogP contribution in [0.25, 0.3) is 12.2 Å². The number of nitrogens with zero attached hydrogens (tertiary/aromatic N) is 2. The topological polar surface area (TPSA) is 110 Å². The van der Waals surface area contributed by atoms with Crippen LogP contribution in [0.1, 0.15) is 21.5 Å². The summed E-state index contributed by atoms with van der Waals surface area (Å²) in [6.45, 7) is 3.76. The predicted molar refractivity (Wildman–Crippen MR) is 129 cm³/mol. The van der Waals surface area contributed by atoms with Crippen LogP contribution in [0, 0.1) is 0 Å². The van der Waals surface area contributed by atoms with Gasteiger partial charge in [0.05, 0.1) is 0 Å².